The molecule has 2 unspecified atom stereocenters. The van der Waals surface area contributed by atoms with E-state index in [9.17, 15) is 0 Å². The van der Waals surface area contributed by atoms with Crippen LogP contribution in [0.3, 0.4) is 0 Å². The van der Waals surface area contributed by atoms with Crippen molar-refractivity contribution in [3.8, 4) is 22.3 Å². The third-order valence-electron chi connectivity index (χ3n) is 16.1. The minimum absolute atomic E-state index is 0. The summed E-state index contributed by atoms with van der Waals surface area (Å²) in [7, 11) is 0. The fourth-order valence-electron chi connectivity index (χ4n) is 14.2. The maximum atomic E-state index is 2.86. The number of rotatable bonds is 8. The molecule has 0 aliphatic heterocycles. The summed E-state index contributed by atoms with van der Waals surface area (Å²) < 4.78 is 6.86. The average Bonchev–Trinajstić information content (AvgIpc) is 3.92. The minimum Gasteiger partial charge on any atom is -0.147 e. The Morgan fingerprint density at radius 2 is 1.16 bits per heavy atom. The van der Waals surface area contributed by atoms with Gasteiger partial charge in [-0.2, -0.15) is 0 Å². The summed E-state index contributed by atoms with van der Waals surface area (Å²) in [6.07, 6.45) is 20.9. The molecule has 4 heteroatoms. The van der Waals surface area contributed by atoms with Gasteiger partial charge in [-0.05, 0) is 0 Å². The van der Waals surface area contributed by atoms with Gasteiger partial charge >= 0.3 is 331 Å². The normalized spacial score (nSPS) is 27.7. The van der Waals surface area contributed by atoms with Crippen molar-refractivity contribution < 1.29 is 17.4 Å². The van der Waals surface area contributed by atoms with Gasteiger partial charge in [0, 0.05) is 0 Å². The molecule has 0 radical (unpaired) electrons. The van der Waals surface area contributed by atoms with Crippen molar-refractivity contribution in [2.45, 2.75) is 119 Å². The van der Waals surface area contributed by atoms with Crippen LogP contribution in [0.2, 0.25) is 9.26 Å². The van der Waals surface area contributed by atoms with Crippen LogP contribution in [0.4, 0.5) is 0 Å². The zero-order chi connectivity index (χ0) is 37.0. The van der Waals surface area contributed by atoms with Crippen LogP contribution in [0.5, 0.6) is 0 Å². The Hall–Kier alpha value is -1.96. The van der Waals surface area contributed by atoms with E-state index in [1.807, 2.05) is 0 Å². The summed E-state index contributed by atoms with van der Waals surface area (Å²) in [5.74, 6) is 4.23. The fraction of sp³-hybridized carbons (Fsp3) is 0.462. The smallest absolute Gasteiger partial charge is 0.147 e. The molecule has 0 saturated heterocycles. The molecule has 0 N–H and O–H groups in total. The zero-order valence-corrected chi connectivity index (χ0v) is 40.1. The maximum Gasteiger partial charge on any atom is -0.147 e. The van der Waals surface area contributed by atoms with Gasteiger partial charge in [-0.15, -0.1) is 24.8 Å². The van der Waals surface area contributed by atoms with E-state index >= 15 is 0 Å². The molecular formula is C52H64Cl2SiZr. The summed E-state index contributed by atoms with van der Waals surface area (Å²) in [6.45, 7) is 9.58. The van der Waals surface area contributed by atoms with Crippen molar-refractivity contribution in [3.05, 3.63) is 129 Å². The summed E-state index contributed by atoms with van der Waals surface area (Å²) >= 11 is -3.74. The van der Waals surface area contributed by atoms with Gasteiger partial charge in [-0.1, -0.05) is 0 Å². The number of hydrogen-bond acceptors (Lipinski definition) is 0. The standard InChI is InChI=1S/C27H29.C23H25.2CH3.2ClH.H2Si.Zr/c1-2-18-13-23-4-3-5-25(26(23)14-18)22-6-8-24(9-7-22)27-15-19-10-20(16-27)12-21(11-19)17-27;1-16(2)17-10-12-19(13-11-17)22-9-5-8-20-14-21(15-23(20)22)18-6-3-4-7-18;;;;;;/h3-9,13-14,19-21H,2,10-12,15-17H2,1H3;5,8-16,18H,3-4,6-7H2,1-2H3;2*1H3;2*1H;1H2;. The fourth-order valence-corrected chi connectivity index (χ4v) is 34.0. The van der Waals surface area contributed by atoms with E-state index in [4.69, 9.17) is 0 Å². The summed E-state index contributed by atoms with van der Waals surface area (Å²) in [4.78, 5) is 0. The van der Waals surface area contributed by atoms with E-state index < -0.39 is 17.4 Å². The van der Waals surface area contributed by atoms with E-state index in [0.717, 1.165) is 30.1 Å². The largest absolute Gasteiger partial charge is 0.147 e. The molecule has 5 fully saturated rings. The molecule has 4 aromatic rings. The van der Waals surface area contributed by atoms with Crippen LogP contribution < -0.4 is 0 Å². The zero-order valence-electron chi connectivity index (χ0n) is 34.6. The van der Waals surface area contributed by atoms with Crippen LogP contribution in [0.15, 0.2) is 96.1 Å². The van der Waals surface area contributed by atoms with Crippen LogP contribution in [0.25, 0.3) is 34.4 Å². The maximum absolute atomic E-state index is 3.74. The monoisotopic (exact) mass is 876 g/mol. The summed E-state index contributed by atoms with van der Waals surface area (Å²) in [6, 6.07) is 34.4. The molecule has 7 aliphatic rings. The molecule has 0 spiro atoms. The van der Waals surface area contributed by atoms with E-state index in [-0.39, 0.29) is 24.8 Å². The SMILES string of the molecule is CCC1=Cc2c(-c3ccc(C45CC6CC(CC(C6)C4)C5)cc3)cccc2[CH]1[Zr]([CH3])([CH3])(=[SiH2])[CH]1C(C2CCCC2)=Cc2c(-c3ccc(C(C)C)cc3)cccc21.Cl.Cl. The first-order valence-electron chi connectivity index (χ1n) is 22.0. The second kappa shape index (κ2) is 14.9. The number of fused-ring (bicyclic) bond motifs is 2. The van der Waals surface area contributed by atoms with Gasteiger partial charge in [0.1, 0.15) is 0 Å². The summed E-state index contributed by atoms with van der Waals surface area (Å²) in [5.41, 5.74) is 19.1. The molecule has 4 aromatic carbocycles. The van der Waals surface area contributed by atoms with Crippen molar-refractivity contribution in [3.63, 3.8) is 0 Å². The molecule has 294 valence electrons. The van der Waals surface area contributed by atoms with Crippen LogP contribution >= 0.6 is 24.8 Å². The molecule has 0 aromatic heterocycles. The third kappa shape index (κ3) is 6.53. The second-order valence-corrected chi connectivity index (χ2v) is 51.1. The first kappa shape index (κ1) is 40.8. The molecule has 56 heavy (non-hydrogen) atoms. The Morgan fingerprint density at radius 1 is 0.661 bits per heavy atom. The number of allylic oxidation sites excluding steroid dienone is 2. The predicted molar refractivity (Wildman–Crippen MR) is 246 cm³/mol. The molecule has 4 bridgehead atoms. The van der Waals surface area contributed by atoms with Gasteiger partial charge in [0.2, 0.25) is 0 Å². The van der Waals surface area contributed by atoms with Gasteiger partial charge in [-0.3, -0.25) is 0 Å². The Kier molecular flexibility index (Phi) is 10.9. The first-order chi connectivity index (χ1) is 26.0. The van der Waals surface area contributed by atoms with Gasteiger partial charge in [-0.25, -0.2) is 0 Å². The topological polar surface area (TPSA) is 0 Å². The Morgan fingerprint density at radius 3 is 1.68 bits per heavy atom. The number of halogens is 2. The van der Waals surface area contributed by atoms with E-state index in [1.54, 1.807) is 27.8 Å². The predicted octanol–water partition coefficient (Wildman–Crippen LogP) is 15.0. The van der Waals surface area contributed by atoms with Crippen LogP contribution in [-0.4, -0.2) is 6.88 Å². The van der Waals surface area contributed by atoms with Crippen molar-refractivity contribution in [2.24, 2.45) is 23.7 Å². The van der Waals surface area contributed by atoms with Crippen molar-refractivity contribution in [2.75, 3.05) is 0 Å². The van der Waals surface area contributed by atoms with Crippen molar-refractivity contribution in [1.82, 2.24) is 0 Å². The van der Waals surface area contributed by atoms with E-state index in [0.29, 0.717) is 18.6 Å². The molecule has 0 amide bonds. The quantitative estimate of drug-likeness (QED) is 0.155. The van der Waals surface area contributed by atoms with Gasteiger partial charge < -0.3 is 0 Å². The van der Waals surface area contributed by atoms with Crippen LogP contribution in [0.1, 0.15) is 138 Å². The van der Waals surface area contributed by atoms with Crippen LogP contribution in [-0.2, 0) is 22.8 Å². The first-order valence-corrected chi connectivity index (χ1v) is 35.6. The Labute approximate surface area is 353 Å². The van der Waals surface area contributed by atoms with Gasteiger partial charge in [0.25, 0.3) is 0 Å². The molecule has 0 nitrogen and oxygen atoms in total. The average molecular weight is 879 g/mol. The number of hydrogen-bond donors (Lipinski definition) is 0. The number of benzene rings is 4. The molecule has 5 saturated carbocycles. The van der Waals surface area contributed by atoms with Gasteiger partial charge in [0.05, 0.1) is 0 Å². The third-order valence-corrected chi connectivity index (χ3v) is 33.5. The molecule has 7 aliphatic carbocycles. The van der Waals surface area contributed by atoms with Gasteiger partial charge in [0.15, 0.2) is 0 Å². The van der Waals surface area contributed by atoms with E-state index in [1.165, 1.54) is 103 Å². The van der Waals surface area contributed by atoms with Crippen LogP contribution in [0, 0.1) is 23.7 Å². The molecule has 11 rings (SSSR count). The van der Waals surface area contributed by atoms with E-state index in [2.05, 4.69) is 134 Å². The molecular weight excluding hydrogens is 815 g/mol. The Bertz CT molecular complexity index is 2230. The molecule has 0 heterocycles. The Balaban J connectivity index is 0.00000220. The van der Waals surface area contributed by atoms with Crippen molar-refractivity contribution >= 4 is 43.8 Å². The second-order valence-electron chi connectivity index (χ2n) is 20.7. The minimum atomic E-state index is -3.74. The summed E-state index contributed by atoms with van der Waals surface area (Å²) in [5, 5.41) is 0. The molecule has 2 atom stereocenters. The van der Waals surface area contributed by atoms with Crippen molar-refractivity contribution in [1.29, 1.82) is 0 Å².